The largest absolute Gasteiger partial charge is 0.456 e. The molecule has 0 fully saturated rings. The smallest absolute Gasteiger partial charge is 0.241 e. The molecule has 0 aliphatic carbocycles. The molecule has 12 aromatic heterocycles. The quantitative estimate of drug-likeness (QED) is 0.106. The Morgan fingerprint density at radius 2 is 0.449 bits per heavy atom. The molecule has 0 radical (unpaired) electrons. The van der Waals surface area contributed by atoms with Gasteiger partial charge in [-0.3, -0.25) is 13.2 Å². The van der Waals surface area contributed by atoms with Gasteiger partial charge in [0.1, 0.15) is 11.2 Å². The number of aromatic nitrogens is 19. The average molecular weight is 1910 g/mol. The van der Waals surface area contributed by atoms with Gasteiger partial charge in [-0.25, -0.2) is 43.6 Å². The molecule has 0 N–H and O–H groups in total. The molecule has 0 aliphatic heterocycles. The summed E-state index contributed by atoms with van der Waals surface area (Å²) in [6.45, 7) is 0. The van der Waals surface area contributed by atoms with Crippen LogP contribution in [0.15, 0.2) is 472 Å². The number of hydrogen-bond donors (Lipinski definition) is 0. The molecule has 0 amide bonds. The highest BCUT2D eigenvalue weighted by atomic mass is 32.1. The zero-order valence-electron chi connectivity index (χ0n) is 78.3. The summed E-state index contributed by atoms with van der Waals surface area (Å²) < 4.78 is 23.9. The van der Waals surface area contributed by atoms with Crippen LogP contribution in [0.2, 0.25) is 0 Å². The summed E-state index contributed by atoms with van der Waals surface area (Å²) in [5, 5.41) is 7.22. The third kappa shape index (κ3) is 14.3. The number of thiophene rings is 1. The number of hydrogen-bond acceptors (Lipinski definition) is 14. The molecule has 31 rings (SSSR count). The van der Waals surface area contributed by atoms with Crippen molar-refractivity contribution in [3.05, 3.63) is 467 Å². The monoisotopic (exact) mass is 1900 g/mol. The SMILES string of the molecule is c1ccc(-c2nc(-c3ccccc3)nc(-n3c4ccc(-c5ccc6c(c5)c5ccccc5n6-c5ccccc5)cc4n4c5ccccc5nc34)n2)cc1.c1ccc(-c2nc(-c3ccccc3)nc(-n3c4ccc(-c5ccc6oc7ccccc7c6c5)cc4n4c5ccccc5nc34)n2)cc1.c1ccc(-c2nc(-c3ccccc3)nc(-n3c4ccc(-c5ccc6sc7ccccc7c6c5)cc4n4c5ccccc5nc34)n2)cc1. The fourth-order valence-electron chi connectivity index (χ4n) is 20.8. The van der Waals surface area contributed by atoms with Crippen molar-refractivity contribution in [2.45, 2.75) is 0 Å². The van der Waals surface area contributed by atoms with E-state index in [1.165, 1.54) is 47.5 Å². The highest BCUT2D eigenvalue weighted by molar-refractivity contribution is 7.25. The van der Waals surface area contributed by atoms with E-state index >= 15 is 0 Å². The Balaban J connectivity index is 0.000000104. The molecule has 20 nitrogen and oxygen atoms in total. The van der Waals surface area contributed by atoms with Crippen LogP contribution in [0.4, 0.5) is 0 Å². The van der Waals surface area contributed by atoms with Crippen molar-refractivity contribution in [3.8, 4) is 125 Å². The maximum Gasteiger partial charge on any atom is 0.241 e. The topological polar surface area (TPSA) is 201 Å². The lowest BCUT2D eigenvalue weighted by atomic mass is 10.0. The average Bonchev–Trinajstić information content (AvgIpc) is 1.57. The minimum absolute atomic E-state index is 0.507. The Morgan fingerprint density at radius 1 is 0.163 bits per heavy atom. The Hall–Kier alpha value is -20.2. The Kier molecular flexibility index (Phi) is 19.6. The summed E-state index contributed by atoms with van der Waals surface area (Å²) in [7, 11) is 0. The van der Waals surface area contributed by atoms with Crippen molar-refractivity contribution in [2.24, 2.45) is 0 Å². The number of imidazole rings is 6. The van der Waals surface area contributed by atoms with E-state index in [0.717, 1.165) is 172 Å². The molecule has 0 unspecified atom stereocenters. The summed E-state index contributed by atoms with van der Waals surface area (Å²) in [5.74, 6) is 7.39. The lowest BCUT2D eigenvalue weighted by molar-refractivity contribution is 0.669. The first-order valence-corrected chi connectivity index (χ1v) is 49.5. The predicted molar refractivity (Wildman–Crippen MR) is 592 cm³/mol. The van der Waals surface area contributed by atoms with Gasteiger partial charge >= 0.3 is 0 Å². The van der Waals surface area contributed by atoms with E-state index in [0.29, 0.717) is 52.8 Å². The minimum Gasteiger partial charge on any atom is -0.456 e. The highest BCUT2D eigenvalue weighted by Crippen LogP contribution is 2.44. The van der Waals surface area contributed by atoms with E-state index in [1.807, 2.05) is 246 Å². The first-order valence-electron chi connectivity index (χ1n) is 48.6. The van der Waals surface area contributed by atoms with Crippen LogP contribution >= 0.6 is 11.3 Å². The molecular formula is C126H77N19OS. The van der Waals surface area contributed by atoms with Gasteiger partial charge in [0.25, 0.3) is 0 Å². The number of rotatable bonds is 13. The van der Waals surface area contributed by atoms with Crippen molar-refractivity contribution < 1.29 is 4.42 Å². The van der Waals surface area contributed by atoms with E-state index in [4.69, 9.17) is 64.2 Å². The maximum atomic E-state index is 6.11. The molecule has 19 aromatic carbocycles. The van der Waals surface area contributed by atoms with Crippen LogP contribution in [0, 0.1) is 0 Å². The normalized spacial score (nSPS) is 11.8. The van der Waals surface area contributed by atoms with E-state index in [-0.39, 0.29) is 0 Å². The molecule has 0 saturated heterocycles. The van der Waals surface area contributed by atoms with Crippen molar-refractivity contribution in [2.75, 3.05) is 0 Å². The first-order chi connectivity index (χ1) is 72.8. The van der Waals surface area contributed by atoms with Gasteiger partial charge in [-0.05, 0) is 173 Å². The second-order valence-corrected chi connectivity index (χ2v) is 37.5. The standard InChI is InChI=1S/C46H29N7.C40H24N6O.C40H24N6S/c1-4-14-30(15-5-1)43-48-44(31-16-6-2-7-17-31)50-45(49-43)53-41-27-25-33(29-42(41)52-40-23-13-11-21-37(40)47-46(52)53)32-24-26-39-36(28-32)35-20-10-12-22-38(35)51(39)34-18-8-3-9-19-34;2*1-3-11-25(12-4-1)37-42-38(26-13-5-2-6-14-26)44-39(43-37)46-33-21-19-28(24-34(33)45-32-17-9-8-16-31(32)41-40(45)46)27-20-22-36-30(23-27)29-15-7-10-18-35(29)47-36/h1-29H;2*1-24H. The maximum absolute atomic E-state index is 6.11. The molecule has 12 heterocycles. The highest BCUT2D eigenvalue weighted by Gasteiger charge is 2.29. The fourth-order valence-corrected chi connectivity index (χ4v) is 21.9. The molecule has 147 heavy (non-hydrogen) atoms. The van der Waals surface area contributed by atoms with Gasteiger partial charge in [0.15, 0.2) is 34.9 Å². The van der Waals surface area contributed by atoms with Crippen molar-refractivity contribution in [1.29, 1.82) is 0 Å². The first kappa shape index (κ1) is 83.8. The van der Waals surface area contributed by atoms with Gasteiger partial charge in [0.2, 0.25) is 35.2 Å². The molecule has 0 aliphatic rings. The van der Waals surface area contributed by atoms with Gasteiger partial charge in [-0.1, -0.05) is 328 Å². The van der Waals surface area contributed by atoms with Crippen LogP contribution in [0.1, 0.15) is 0 Å². The van der Waals surface area contributed by atoms with Crippen molar-refractivity contribution >= 4 is 159 Å². The summed E-state index contributed by atoms with van der Waals surface area (Å²) in [6, 6.07) is 161. The van der Waals surface area contributed by atoms with Crippen LogP contribution in [-0.4, -0.2) is 91.3 Å². The lowest BCUT2D eigenvalue weighted by Crippen LogP contribution is -2.07. The zero-order valence-corrected chi connectivity index (χ0v) is 79.1. The Labute approximate surface area is 841 Å². The molecule has 31 aromatic rings. The molecule has 21 heteroatoms. The molecule has 688 valence electrons. The third-order valence-electron chi connectivity index (χ3n) is 27.7. The van der Waals surface area contributed by atoms with Gasteiger partial charge in [-0.2, -0.15) is 29.9 Å². The van der Waals surface area contributed by atoms with Crippen LogP contribution in [0.5, 0.6) is 0 Å². The fraction of sp³-hybridized carbons (Fsp3) is 0. The summed E-state index contributed by atoms with van der Waals surface area (Å²) in [6.07, 6.45) is 0. The summed E-state index contributed by atoms with van der Waals surface area (Å²) >= 11 is 1.84. The molecule has 0 bridgehead atoms. The Morgan fingerprint density at radius 3 is 0.857 bits per heavy atom. The van der Waals surface area contributed by atoms with Crippen molar-refractivity contribution in [3.63, 3.8) is 0 Å². The zero-order chi connectivity index (χ0) is 96.7. The molecular weight excluding hydrogens is 1830 g/mol. The van der Waals surface area contributed by atoms with Gasteiger partial charge in [0, 0.05) is 80.8 Å². The van der Waals surface area contributed by atoms with E-state index in [9.17, 15) is 0 Å². The number of fused-ring (bicyclic) bond motifs is 24. The molecule has 0 saturated carbocycles. The second kappa shape index (κ2) is 34.4. The summed E-state index contributed by atoms with van der Waals surface area (Å²) in [4.78, 5) is 60.6. The van der Waals surface area contributed by atoms with Crippen LogP contribution < -0.4 is 0 Å². The summed E-state index contributed by atoms with van der Waals surface area (Å²) in [5.41, 5.74) is 29.2. The van der Waals surface area contributed by atoms with Crippen LogP contribution in [0.25, 0.3) is 273 Å². The van der Waals surface area contributed by atoms with Crippen molar-refractivity contribution in [1.82, 2.24) is 91.3 Å². The van der Waals surface area contributed by atoms with Crippen LogP contribution in [0.3, 0.4) is 0 Å². The Bertz CT molecular complexity index is 10100. The molecule has 0 atom stereocenters. The minimum atomic E-state index is 0.507. The number of furan rings is 1. The van der Waals surface area contributed by atoms with Gasteiger partial charge < -0.3 is 8.98 Å². The lowest BCUT2D eigenvalue weighted by Gasteiger charge is -2.10. The third-order valence-corrected chi connectivity index (χ3v) is 28.9. The van der Waals surface area contributed by atoms with Gasteiger partial charge in [-0.15, -0.1) is 11.3 Å². The van der Waals surface area contributed by atoms with E-state index in [1.54, 1.807) is 0 Å². The van der Waals surface area contributed by atoms with E-state index in [2.05, 4.69) is 263 Å². The van der Waals surface area contributed by atoms with E-state index < -0.39 is 0 Å². The predicted octanol–water partition coefficient (Wildman–Crippen LogP) is 30.2. The number of nitrogens with zero attached hydrogens (tertiary/aromatic N) is 19. The second-order valence-electron chi connectivity index (χ2n) is 36.4. The molecule has 0 spiro atoms. The number of para-hydroxylation sites is 9. The van der Waals surface area contributed by atoms with Crippen LogP contribution in [-0.2, 0) is 0 Å². The number of benzene rings is 19. The van der Waals surface area contributed by atoms with Gasteiger partial charge in [0.05, 0.1) is 77.2 Å².